The number of benzene rings is 3. The smallest absolute Gasteiger partial charge is 0.303 e. The van der Waals surface area contributed by atoms with Crippen LogP contribution in [0.15, 0.2) is 66.7 Å². The van der Waals surface area contributed by atoms with E-state index in [4.69, 9.17) is 5.11 Å². The number of aryl methyl sites for hydroxylation is 1. The second-order valence-electron chi connectivity index (χ2n) is 12.7. The molecular weight excluding hydrogens is 534 g/mol. The lowest BCUT2D eigenvalue weighted by Crippen LogP contribution is -2.50. The number of rotatable bonds is 12. The fourth-order valence-electron chi connectivity index (χ4n) is 5.95. The van der Waals surface area contributed by atoms with Gasteiger partial charge in [0.15, 0.2) is 0 Å². The molecule has 0 heterocycles. The summed E-state index contributed by atoms with van der Waals surface area (Å²) < 4.78 is 28.1. The Hall–Kier alpha value is -3.29. The van der Waals surface area contributed by atoms with Gasteiger partial charge in [-0.3, -0.25) is 4.79 Å². The zero-order valence-electron chi connectivity index (χ0n) is 24.9. The molecule has 0 saturated heterocycles. The molecule has 4 N–H and O–H groups in total. The highest BCUT2D eigenvalue weighted by molar-refractivity contribution is 5.67. The number of hydrogen-bond donors (Lipinski definition) is 4. The van der Waals surface area contributed by atoms with E-state index in [2.05, 4.69) is 55.7 Å². The second kappa shape index (κ2) is 13.8. The zero-order valence-corrected chi connectivity index (χ0v) is 24.9. The summed E-state index contributed by atoms with van der Waals surface area (Å²) in [5.41, 5.74) is 4.34. The van der Waals surface area contributed by atoms with Crippen LogP contribution in [0.1, 0.15) is 81.5 Å². The molecule has 0 amide bonds. The Bertz CT molecular complexity index is 1310. The molecular formula is C35H44F2N2O3. The molecule has 0 bridgehead atoms. The van der Waals surface area contributed by atoms with Gasteiger partial charge < -0.3 is 20.8 Å². The summed E-state index contributed by atoms with van der Waals surface area (Å²) in [5, 5.41) is 27.7. The molecule has 1 fully saturated rings. The third-order valence-electron chi connectivity index (χ3n) is 8.41. The van der Waals surface area contributed by atoms with Gasteiger partial charge in [0.25, 0.3) is 0 Å². The van der Waals surface area contributed by atoms with Crippen LogP contribution in [0.5, 0.6) is 0 Å². The van der Waals surface area contributed by atoms with Crippen LogP contribution in [0.2, 0.25) is 0 Å². The van der Waals surface area contributed by atoms with Gasteiger partial charge in [-0.15, -0.1) is 0 Å². The highest BCUT2D eigenvalue weighted by atomic mass is 19.1. The lowest BCUT2D eigenvalue weighted by Gasteiger charge is -2.41. The van der Waals surface area contributed by atoms with Crippen molar-refractivity contribution >= 4 is 11.7 Å². The summed E-state index contributed by atoms with van der Waals surface area (Å²) in [6, 6.07) is 19.1. The van der Waals surface area contributed by atoms with Crippen LogP contribution in [-0.4, -0.2) is 34.9 Å². The molecule has 0 unspecified atom stereocenters. The maximum absolute atomic E-state index is 14.0. The van der Waals surface area contributed by atoms with Gasteiger partial charge in [0, 0.05) is 30.3 Å². The molecule has 5 nitrogen and oxygen atoms in total. The molecule has 7 heteroatoms. The minimum absolute atomic E-state index is 0.0177. The van der Waals surface area contributed by atoms with Crippen LogP contribution >= 0.6 is 0 Å². The van der Waals surface area contributed by atoms with Crippen molar-refractivity contribution in [1.29, 1.82) is 0 Å². The molecule has 0 spiro atoms. The van der Waals surface area contributed by atoms with E-state index in [1.807, 2.05) is 24.3 Å². The largest absolute Gasteiger partial charge is 0.481 e. The van der Waals surface area contributed by atoms with E-state index in [1.54, 1.807) is 0 Å². The fraction of sp³-hybridized carbons (Fsp3) is 0.457. The third-order valence-corrected chi connectivity index (χ3v) is 8.41. The molecule has 2 atom stereocenters. The minimum Gasteiger partial charge on any atom is -0.481 e. The van der Waals surface area contributed by atoms with Gasteiger partial charge in [0.1, 0.15) is 11.6 Å². The number of aliphatic hydroxyl groups excluding tert-OH is 1. The Morgan fingerprint density at radius 1 is 0.929 bits per heavy atom. The van der Waals surface area contributed by atoms with E-state index in [1.165, 1.54) is 29.7 Å². The van der Waals surface area contributed by atoms with Crippen molar-refractivity contribution in [2.24, 2.45) is 0 Å². The number of aliphatic carboxylic acids is 1. The standard InChI is InChI=1S/C35H44F2N2O3/c1-34(2,3)26-8-7-9-27(21-26)35(16-5-4-6-17-35)38-23-32(40)31(20-25-18-28(36)22-29(37)19-25)39-30-13-10-24(11-14-30)12-15-33(41)42/h7-11,13-14,18-19,21-22,31-32,38-40H,4-6,12,15-17,20,23H2,1-3H3,(H,41,42)/t31-,32+/m0/s1. The molecule has 42 heavy (non-hydrogen) atoms. The lowest BCUT2D eigenvalue weighted by atomic mass is 9.74. The van der Waals surface area contributed by atoms with Crippen LogP contribution < -0.4 is 10.6 Å². The van der Waals surface area contributed by atoms with Gasteiger partial charge in [-0.1, -0.05) is 76.4 Å². The van der Waals surface area contributed by atoms with E-state index >= 15 is 0 Å². The normalized spacial score (nSPS) is 16.5. The summed E-state index contributed by atoms with van der Waals surface area (Å²) in [6.07, 6.45) is 5.14. The number of carbonyl (C=O) groups is 1. The first-order valence-electron chi connectivity index (χ1n) is 15.0. The molecule has 1 aliphatic rings. The molecule has 226 valence electrons. The van der Waals surface area contributed by atoms with Crippen LogP contribution in [0.3, 0.4) is 0 Å². The van der Waals surface area contributed by atoms with E-state index in [0.717, 1.165) is 43.0 Å². The molecule has 4 rings (SSSR count). The average molecular weight is 579 g/mol. The highest BCUT2D eigenvalue weighted by Crippen LogP contribution is 2.38. The average Bonchev–Trinajstić information content (AvgIpc) is 2.95. The highest BCUT2D eigenvalue weighted by Gasteiger charge is 2.35. The van der Waals surface area contributed by atoms with Crippen LogP contribution in [0.25, 0.3) is 0 Å². The predicted octanol–water partition coefficient (Wildman–Crippen LogP) is 7.11. The summed E-state index contributed by atoms with van der Waals surface area (Å²) in [4.78, 5) is 10.9. The number of nitrogens with one attached hydrogen (secondary N) is 2. The molecule has 3 aromatic carbocycles. The maximum atomic E-state index is 14.0. The van der Waals surface area contributed by atoms with Gasteiger partial charge in [0.05, 0.1) is 12.1 Å². The van der Waals surface area contributed by atoms with Crippen molar-refractivity contribution in [3.63, 3.8) is 0 Å². The first-order valence-corrected chi connectivity index (χ1v) is 15.0. The Morgan fingerprint density at radius 2 is 1.60 bits per heavy atom. The van der Waals surface area contributed by atoms with Crippen LogP contribution in [0, 0.1) is 11.6 Å². The quantitative estimate of drug-likeness (QED) is 0.184. The van der Waals surface area contributed by atoms with Crippen molar-refractivity contribution in [2.75, 3.05) is 11.9 Å². The monoisotopic (exact) mass is 578 g/mol. The Kier molecular flexibility index (Phi) is 10.4. The van der Waals surface area contributed by atoms with Crippen LogP contribution in [-0.2, 0) is 28.6 Å². The molecule has 1 saturated carbocycles. The third kappa shape index (κ3) is 8.62. The van der Waals surface area contributed by atoms with Crippen molar-refractivity contribution < 1.29 is 23.8 Å². The van der Waals surface area contributed by atoms with Gasteiger partial charge >= 0.3 is 5.97 Å². The lowest BCUT2D eigenvalue weighted by molar-refractivity contribution is -0.136. The minimum atomic E-state index is -0.868. The molecule has 0 radical (unpaired) electrons. The number of carboxylic acid groups (broad SMARTS) is 1. The van der Waals surface area contributed by atoms with Gasteiger partial charge in [-0.25, -0.2) is 8.78 Å². The number of halogens is 2. The SMILES string of the molecule is CC(C)(C)c1cccc(C2(NC[C@@H](O)[C@H](Cc3cc(F)cc(F)c3)Nc3ccc(CCC(=O)O)cc3)CCCCC2)c1. The van der Waals surface area contributed by atoms with Gasteiger partial charge in [0.2, 0.25) is 0 Å². The number of carboxylic acids is 1. The van der Waals surface area contributed by atoms with Crippen LogP contribution in [0.4, 0.5) is 14.5 Å². The van der Waals surface area contributed by atoms with Crippen molar-refractivity contribution in [2.45, 2.75) is 95.2 Å². The van der Waals surface area contributed by atoms with E-state index in [0.29, 0.717) is 18.5 Å². The van der Waals surface area contributed by atoms with Crippen molar-refractivity contribution in [3.05, 3.63) is 101 Å². The Morgan fingerprint density at radius 3 is 2.21 bits per heavy atom. The van der Waals surface area contributed by atoms with Crippen molar-refractivity contribution in [3.8, 4) is 0 Å². The van der Waals surface area contributed by atoms with E-state index in [-0.39, 0.29) is 23.8 Å². The summed E-state index contributed by atoms with van der Waals surface area (Å²) in [7, 11) is 0. The molecule has 0 aromatic heterocycles. The Labute approximate surface area is 248 Å². The first kappa shape index (κ1) is 31.6. The number of hydrogen-bond acceptors (Lipinski definition) is 4. The predicted molar refractivity (Wildman–Crippen MR) is 164 cm³/mol. The molecule has 3 aromatic rings. The topological polar surface area (TPSA) is 81.6 Å². The fourth-order valence-corrected chi connectivity index (χ4v) is 5.95. The van der Waals surface area contributed by atoms with Gasteiger partial charge in [-0.05, 0) is 77.6 Å². The van der Waals surface area contributed by atoms with E-state index in [9.17, 15) is 18.7 Å². The number of aliphatic hydroxyl groups is 1. The van der Waals surface area contributed by atoms with Gasteiger partial charge in [-0.2, -0.15) is 0 Å². The summed E-state index contributed by atoms with van der Waals surface area (Å²) in [6.45, 7) is 6.93. The van der Waals surface area contributed by atoms with E-state index < -0.39 is 29.7 Å². The first-order chi connectivity index (χ1) is 19.9. The molecule has 0 aliphatic heterocycles. The van der Waals surface area contributed by atoms with Crippen molar-refractivity contribution in [1.82, 2.24) is 5.32 Å². The summed E-state index contributed by atoms with van der Waals surface area (Å²) >= 11 is 0. The summed E-state index contributed by atoms with van der Waals surface area (Å²) in [5.74, 6) is -2.16. The Balaban J connectivity index is 1.55. The molecule has 1 aliphatic carbocycles. The number of anilines is 1. The zero-order chi connectivity index (χ0) is 30.3. The second-order valence-corrected chi connectivity index (χ2v) is 12.7. The maximum Gasteiger partial charge on any atom is 0.303 e.